The van der Waals surface area contributed by atoms with Gasteiger partial charge in [-0.25, -0.2) is 4.79 Å². The molecule has 4 rings (SSSR count). The number of rotatable bonds is 6. The number of imide groups is 1. The Balaban J connectivity index is 1.16. The maximum absolute atomic E-state index is 12.2. The number of thiophene rings is 1. The van der Waals surface area contributed by atoms with Gasteiger partial charge in [0.25, 0.3) is 0 Å². The van der Waals surface area contributed by atoms with E-state index < -0.39 is 6.03 Å². The smallest absolute Gasteiger partial charge is 0.325 e. The van der Waals surface area contributed by atoms with Crippen LogP contribution in [0.25, 0.3) is 0 Å². The van der Waals surface area contributed by atoms with Crippen molar-refractivity contribution in [1.82, 2.24) is 15.1 Å². The summed E-state index contributed by atoms with van der Waals surface area (Å²) in [6.07, 6.45) is 1.07. The number of carbonyl (C=O) groups excluding carboxylic acids is 2. The molecule has 0 radical (unpaired) electrons. The van der Waals surface area contributed by atoms with Crippen LogP contribution in [-0.2, 0) is 11.2 Å². The van der Waals surface area contributed by atoms with Crippen LogP contribution in [0.15, 0.2) is 35.7 Å². The van der Waals surface area contributed by atoms with Gasteiger partial charge in [0, 0.05) is 49.4 Å². The van der Waals surface area contributed by atoms with Crippen LogP contribution in [0.1, 0.15) is 4.88 Å². The van der Waals surface area contributed by atoms with Crippen molar-refractivity contribution >= 4 is 29.0 Å². The first kappa shape index (κ1) is 19.7. The van der Waals surface area contributed by atoms with Crippen LogP contribution >= 0.6 is 11.3 Å². The zero-order valence-electron chi connectivity index (χ0n) is 16.1. The molecule has 2 aliphatic rings. The molecule has 9 heteroatoms. The van der Waals surface area contributed by atoms with Crippen LogP contribution in [0.3, 0.4) is 0 Å². The van der Waals surface area contributed by atoms with Gasteiger partial charge in [0.2, 0.25) is 12.7 Å². The van der Waals surface area contributed by atoms with Crippen molar-refractivity contribution in [2.45, 2.75) is 6.42 Å². The average molecular weight is 417 g/mol. The van der Waals surface area contributed by atoms with E-state index in [0.29, 0.717) is 17.2 Å². The van der Waals surface area contributed by atoms with Crippen molar-refractivity contribution in [2.75, 3.05) is 51.4 Å². The van der Waals surface area contributed by atoms with Gasteiger partial charge < -0.3 is 19.7 Å². The molecule has 1 fully saturated rings. The largest absolute Gasteiger partial charge is 0.454 e. The third-order valence-corrected chi connectivity index (χ3v) is 5.91. The van der Waals surface area contributed by atoms with Gasteiger partial charge in [-0.1, -0.05) is 6.07 Å². The predicted octanol–water partition coefficient (Wildman–Crippen LogP) is 1.99. The zero-order valence-corrected chi connectivity index (χ0v) is 16.9. The highest BCUT2D eigenvalue weighted by Gasteiger charge is 2.20. The minimum atomic E-state index is -0.552. The Labute approximate surface area is 173 Å². The normalized spacial score (nSPS) is 16.6. The summed E-state index contributed by atoms with van der Waals surface area (Å²) in [5.41, 5.74) is 0.541. The quantitative estimate of drug-likeness (QED) is 0.749. The van der Waals surface area contributed by atoms with Gasteiger partial charge in [0.05, 0.1) is 6.54 Å². The molecule has 0 spiro atoms. The summed E-state index contributed by atoms with van der Waals surface area (Å²) < 4.78 is 10.5. The lowest BCUT2D eigenvalue weighted by molar-refractivity contribution is -0.121. The second kappa shape index (κ2) is 9.25. The molecule has 1 saturated heterocycles. The fourth-order valence-electron chi connectivity index (χ4n) is 3.40. The molecular formula is C20H24N4O4S. The van der Waals surface area contributed by atoms with E-state index in [0.717, 1.165) is 39.1 Å². The Morgan fingerprint density at radius 3 is 2.62 bits per heavy atom. The zero-order chi connectivity index (χ0) is 20.1. The fourth-order valence-corrected chi connectivity index (χ4v) is 4.10. The lowest BCUT2D eigenvalue weighted by atomic mass is 10.2. The Kier molecular flexibility index (Phi) is 6.28. The van der Waals surface area contributed by atoms with E-state index in [-0.39, 0.29) is 19.2 Å². The summed E-state index contributed by atoms with van der Waals surface area (Å²) in [6, 6.07) is 8.79. The van der Waals surface area contributed by atoms with Crippen molar-refractivity contribution in [1.29, 1.82) is 0 Å². The summed E-state index contributed by atoms with van der Waals surface area (Å²) in [5, 5.41) is 7.13. The Morgan fingerprint density at radius 1 is 1.03 bits per heavy atom. The summed E-state index contributed by atoms with van der Waals surface area (Å²) in [6.45, 7) is 4.93. The molecule has 0 unspecified atom stereocenters. The van der Waals surface area contributed by atoms with E-state index >= 15 is 0 Å². The van der Waals surface area contributed by atoms with E-state index in [1.54, 1.807) is 29.5 Å². The number of amides is 3. The molecule has 3 amide bonds. The molecular weight excluding hydrogens is 392 g/mol. The van der Waals surface area contributed by atoms with E-state index in [1.165, 1.54) is 4.88 Å². The predicted molar refractivity (Wildman–Crippen MR) is 111 cm³/mol. The Morgan fingerprint density at radius 2 is 1.83 bits per heavy atom. The van der Waals surface area contributed by atoms with Crippen molar-refractivity contribution < 1.29 is 19.1 Å². The first-order chi connectivity index (χ1) is 14.2. The third-order valence-electron chi connectivity index (χ3n) is 4.97. The summed E-state index contributed by atoms with van der Waals surface area (Å²) >= 11 is 1.79. The van der Waals surface area contributed by atoms with Crippen LogP contribution in [0.4, 0.5) is 10.5 Å². The number of carbonyl (C=O) groups is 2. The number of anilines is 1. The van der Waals surface area contributed by atoms with Crippen molar-refractivity contribution in [2.24, 2.45) is 0 Å². The van der Waals surface area contributed by atoms with Gasteiger partial charge in [-0.15, -0.1) is 11.3 Å². The van der Waals surface area contributed by atoms with Crippen LogP contribution in [0, 0.1) is 0 Å². The molecule has 0 aliphatic carbocycles. The highest BCUT2D eigenvalue weighted by atomic mass is 32.1. The number of benzene rings is 1. The van der Waals surface area contributed by atoms with Crippen LogP contribution < -0.4 is 20.1 Å². The summed E-state index contributed by atoms with van der Waals surface area (Å²) in [4.78, 5) is 30.2. The SMILES string of the molecule is O=C(CN1CCN(CCc2cccs2)CC1)NC(=O)Nc1ccc2c(c1)OCO2. The highest BCUT2D eigenvalue weighted by Crippen LogP contribution is 2.34. The molecule has 2 N–H and O–H groups in total. The lowest BCUT2D eigenvalue weighted by Gasteiger charge is -2.34. The van der Waals surface area contributed by atoms with Crippen molar-refractivity contribution in [3.8, 4) is 11.5 Å². The van der Waals surface area contributed by atoms with Crippen LogP contribution in [-0.4, -0.2) is 67.8 Å². The monoisotopic (exact) mass is 416 g/mol. The molecule has 1 aromatic heterocycles. The fraction of sp³-hybridized carbons (Fsp3) is 0.400. The molecule has 2 aromatic rings. The van der Waals surface area contributed by atoms with E-state index in [1.807, 2.05) is 0 Å². The van der Waals surface area contributed by atoms with E-state index in [4.69, 9.17) is 9.47 Å². The topological polar surface area (TPSA) is 83.1 Å². The second-order valence-corrected chi connectivity index (χ2v) is 8.05. The molecule has 0 bridgehead atoms. The second-order valence-electron chi connectivity index (χ2n) is 7.02. The molecule has 0 atom stereocenters. The van der Waals surface area contributed by atoms with Gasteiger partial charge in [-0.05, 0) is 30.0 Å². The lowest BCUT2D eigenvalue weighted by Crippen LogP contribution is -2.50. The molecule has 3 heterocycles. The molecule has 0 saturated carbocycles. The third kappa shape index (κ3) is 5.47. The molecule has 29 heavy (non-hydrogen) atoms. The standard InChI is InChI=1S/C20H24N4O4S/c25-19(22-20(26)21-15-3-4-17-18(12-15)28-14-27-17)13-24-9-7-23(8-10-24)6-5-16-2-1-11-29-16/h1-4,11-12H,5-10,13-14H2,(H2,21,22,25,26). The van der Waals surface area contributed by atoms with Gasteiger partial charge in [-0.3, -0.25) is 15.0 Å². The van der Waals surface area contributed by atoms with E-state index in [9.17, 15) is 9.59 Å². The maximum Gasteiger partial charge on any atom is 0.325 e. The van der Waals surface area contributed by atoms with Gasteiger partial charge in [-0.2, -0.15) is 0 Å². The van der Waals surface area contributed by atoms with Gasteiger partial charge >= 0.3 is 6.03 Å². The number of hydrogen-bond acceptors (Lipinski definition) is 7. The molecule has 1 aromatic carbocycles. The summed E-state index contributed by atoms with van der Waals surface area (Å²) in [7, 11) is 0. The molecule has 8 nitrogen and oxygen atoms in total. The number of nitrogens with zero attached hydrogens (tertiary/aromatic N) is 2. The van der Waals surface area contributed by atoms with Gasteiger partial charge in [0.15, 0.2) is 11.5 Å². The average Bonchev–Trinajstić information content (AvgIpc) is 3.38. The Bertz CT molecular complexity index is 850. The Hall–Kier alpha value is -2.62. The van der Waals surface area contributed by atoms with Gasteiger partial charge in [0.1, 0.15) is 0 Å². The summed E-state index contributed by atoms with van der Waals surface area (Å²) in [5.74, 6) is 0.905. The first-order valence-corrected chi connectivity index (χ1v) is 10.5. The first-order valence-electron chi connectivity index (χ1n) is 9.63. The number of hydrogen-bond donors (Lipinski definition) is 2. The highest BCUT2D eigenvalue weighted by molar-refractivity contribution is 7.09. The minimum Gasteiger partial charge on any atom is -0.454 e. The number of ether oxygens (including phenoxy) is 2. The van der Waals surface area contributed by atoms with Crippen molar-refractivity contribution in [3.05, 3.63) is 40.6 Å². The molecule has 154 valence electrons. The number of urea groups is 1. The van der Waals surface area contributed by atoms with E-state index in [2.05, 4.69) is 37.9 Å². The van der Waals surface area contributed by atoms with Crippen molar-refractivity contribution in [3.63, 3.8) is 0 Å². The molecule has 2 aliphatic heterocycles. The van der Waals surface area contributed by atoms with Crippen LogP contribution in [0.5, 0.6) is 11.5 Å². The maximum atomic E-state index is 12.2. The number of nitrogens with one attached hydrogen (secondary N) is 2. The number of fused-ring (bicyclic) bond motifs is 1. The minimum absolute atomic E-state index is 0.171. The van der Waals surface area contributed by atoms with Crippen LogP contribution in [0.2, 0.25) is 0 Å². The number of piperazine rings is 1.